The molecule has 6 aromatic carbocycles. The van der Waals surface area contributed by atoms with Crippen LogP contribution in [0.4, 0.5) is 0 Å². The van der Waals surface area contributed by atoms with Gasteiger partial charge in [-0.2, -0.15) is 0 Å². The molecule has 4 heterocycles. The Kier molecular flexibility index (Phi) is 7.82. The van der Waals surface area contributed by atoms with Crippen molar-refractivity contribution in [1.29, 1.82) is 0 Å². The number of aromatic nitrogens is 4. The van der Waals surface area contributed by atoms with E-state index in [1.807, 2.05) is 48.5 Å². The van der Waals surface area contributed by atoms with E-state index in [4.69, 9.17) is 23.8 Å². The molecule has 0 amide bonds. The highest BCUT2D eigenvalue weighted by Crippen LogP contribution is 2.44. The molecular formula is C56H38N4O2. The molecule has 0 bridgehead atoms. The smallest absolute Gasteiger partial charge is 0.164 e. The van der Waals surface area contributed by atoms with Gasteiger partial charge in [-0.25, -0.2) is 15.0 Å². The molecule has 62 heavy (non-hydrogen) atoms. The van der Waals surface area contributed by atoms with Crippen LogP contribution in [0.5, 0.6) is 0 Å². The van der Waals surface area contributed by atoms with Crippen molar-refractivity contribution in [3.63, 3.8) is 0 Å². The number of furan rings is 2. The number of hydrogen-bond donors (Lipinski definition) is 0. The van der Waals surface area contributed by atoms with Crippen LogP contribution in [0.15, 0.2) is 173 Å². The lowest BCUT2D eigenvalue weighted by molar-refractivity contribution is 0.669. The number of para-hydroxylation sites is 2. The van der Waals surface area contributed by atoms with E-state index in [9.17, 15) is 0 Å². The SMILES string of the molecule is C1=CC(c2nc(-c3ccccc3)nc(-c3cccc4oc5ccc(C6=Cc7c(n(C8=CCCC=C8)c8ccc(-c9cccc%10c9oc9ccccc9%10)cc78)CC6)cc5c34)n2)=CC1. The number of allylic oxidation sites excluding steroid dienone is 9. The number of hydrogen-bond acceptors (Lipinski definition) is 5. The number of nitrogens with zero attached hydrogens (tertiary/aromatic N) is 4. The van der Waals surface area contributed by atoms with Gasteiger partial charge in [-0.15, -0.1) is 0 Å². The second-order valence-corrected chi connectivity index (χ2v) is 16.4. The first-order chi connectivity index (χ1) is 30.7. The Morgan fingerprint density at radius 3 is 2.21 bits per heavy atom. The van der Waals surface area contributed by atoms with Crippen LogP contribution in [0.25, 0.3) is 112 Å². The molecule has 4 aromatic heterocycles. The van der Waals surface area contributed by atoms with Crippen molar-refractivity contribution in [2.24, 2.45) is 0 Å². The monoisotopic (exact) mass is 798 g/mol. The third-order valence-electron chi connectivity index (χ3n) is 12.8. The van der Waals surface area contributed by atoms with Gasteiger partial charge in [0.15, 0.2) is 17.5 Å². The van der Waals surface area contributed by atoms with Crippen molar-refractivity contribution in [3.8, 4) is 33.9 Å². The molecule has 13 rings (SSSR count). The van der Waals surface area contributed by atoms with Crippen LogP contribution < -0.4 is 0 Å². The van der Waals surface area contributed by atoms with Crippen molar-refractivity contribution in [1.82, 2.24) is 19.5 Å². The molecule has 0 radical (unpaired) electrons. The third-order valence-corrected chi connectivity index (χ3v) is 12.8. The molecule has 6 nitrogen and oxygen atoms in total. The van der Waals surface area contributed by atoms with Gasteiger partial charge in [0.05, 0.1) is 5.52 Å². The first kappa shape index (κ1) is 35.0. The third kappa shape index (κ3) is 5.53. The van der Waals surface area contributed by atoms with Gasteiger partial charge >= 0.3 is 0 Å². The summed E-state index contributed by atoms with van der Waals surface area (Å²) in [6.07, 6.45) is 20.6. The quantitative estimate of drug-likeness (QED) is 0.168. The predicted molar refractivity (Wildman–Crippen MR) is 253 cm³/mol. The van der Waals surface area contributed by atoms with Crippen molar-refractivity contribution >= 4 is 77.7 Å². The van der Waals surface area contributed by atoms with Crippen LogP contribution in [0, 0.1) is 0 Å². The van der Waals surface area contributed by atoms with E-state index >= 15 is 0 Å². The van der Waals surface area contributed by atoms with Crippen LogP contribution in [0.1, 0.15) is 48.3 Å². The van der Waals surface area contributed by atoms with Gasteiger partial charge in [-0.05, 0) is 97.4 Å². The summed E-state index contributed by atoms with van der Waals surface area (Å²) in [6.45, 7) is 0. The zero-order chi connectivity index (χ0) is 40.7. The number of benzene rings is 6. The topological polar surface area (TPSA) is 69.9 Å². The minimum absolute atomic E-state index is 0.628. The first-order valence-electron chi connectivity index (χ1n) is 21.5. The highest BCUT2D eigenvalue weighted by atomic mass is 16.3. The lowest BCUT2D eigenvalue weighted by Crippen LogP contribution is -2.06. The molecule has 0 unspecified atom stereocenters. The van der Waals surface area contributed by atoms with Crippen molar-refractivity contribution in [2.75, 3.05) is 0 Å². The second-order valence-electron chi connectivity index (χ2n) is 16.4. The first-order valence-corrected chi connectivity index (χ1v) is 21.5. The van der Waals surface area contributed by atoms with Crippen LogP contribution in [-0.4, -0.2) is 19.5 Å². The maximum absolute atomic E-state index is 6.55. The van der Waals surface area contributed by atoms with E-state index in [1.165, 1.54) is 39.0 Å². The summed E-state index contributed by atoms with van der Waals surface area (Å²) < 4.78 is 15.6. The maximum atomic E-state index is 6.55. The fourth-order valence-electron chi connectivity index (χ4n) is 9.88. The fourth-order valence-corrected chi connectivity index (χ4v) is 9.88. The number of fused-ring (bicyclic) bond motifs is 9. The summed E-state index contributed by atoms with van der Waals surface area (Å²) >= 11 is 0. The van der Waals surface area contributed by atoms with Crippen molar-refractivity contribution < 1.29 is 8.83 Å². The Labute approximate surface area is 357 Å². The van der Waals surface area contributed by atoms with Gasteiger partial charge in [0, 0.05) is 66.1 Å². The van der Waals surface area contributed by atoms with Crippen LogP contribution >= 0.6 is 0 Å². The van der Waals surface area contributed by atoms with Crippen LogP contribution in [0.3, 0.4) is 0 Å². The molecule has 0 fully saturated rings. The van der Waals surface area contributed by atoms with Gasteiger partial charge < -0.3 is 13.4 Å². The predicted octanol–water partition coefficient (Wildman–Crippen LogP) is 14.6. The lowest BCUT2D eigenvalue weighted by atomic mass is 9.90. The Balaban J connectivity index is 0.974. The summed E-state index contributed by atoms with van der Waals surface area (Å²) in [7, 11) is 0. The number of rotatable bonds is 6. The minimum Gasteiger partial charge on any atom is -0.456 e. The fraction of sp³-hybridized carbons (Fsp3) is 0.0893. The summed E-state index contributed by atoms with van der Waals surface area (Å²) in [5, 5.41) is 5.57. The Morgan fingerprint density at radius 2 is 1.31 bits per heavy atom. The maximum Gasteiger partial charge on any atom is 0.164 e. The zero-order valence-corrected chi connectivity index (χ0v) is 33.8. The molecule has 0 N–H and O–H groups in total. The summed E-state index contributed by atoms with van der Waals surface area (Å²) in [5.74, 6) is 1.95. The summed E-state index contributed by atoms with van der Waals surface area (Å²) in [6, 6.07) is 44.7. The van der Waals surface area contributed by atoms with Gasteiger partial charge in [-0.3, -0.25) is 0 Å². The van der Waals surface area contributed by atoms with Crippen molar-refractivity contribution in [2.45, 2.75) is 32.1 Å². The largest absolute Gasteiger partial charge is 0.456 e. The van der Waals surface area contributed by atoms with E-state index in [-0.39, 0.29) is 0 Å². The van der Waals surface area contributed by atoms with Crippen molar-refractivity contribution in [3.05, 3.63) is 186 Å². The Morgan fingerprint density at radius 1 is 0.516 bits per heavy atom. The minimum atomic E-state index is 0.628. The molecule has 294 valence electrons. The highest BCUT2D eigenvalue weighted by molar-refractivity contribution is 6.14. The van der Waals surface area contributed by atoms with Gasteiger partial charge in [0.1, 0.15) is 22.3 Å². The lowest BCUT2D eigenvalue weighted by Gasteiger charge is -2.19. The summed E-state index contributed by atoms with van der Waals surface area (Å²) in [4.78, 5) is 15.1. The van der Waals surface area contributed by atoms with E-state index in [1.54, 1.807) is 0 Å². The average Bonchev–Trinajstić information content (AvgIpc) is 4.15. The molecule has 0 aliphatic heterocycles. The van der Waals surface area contributed by atoms with Gasteiger partial charge in [0.25, 0.3) is 0 Å². The molecule has 3 aliphatic rings. The molecule has 10 aromatic rings. The normalized spacial score (nSPS) is 14.9. The van der Waals surface area contributed by atoms with Crippen LogP contribution in [-0.2, 0) is 6.42 Å². The summed E-state index contributed by atoms with van der Waals surface area (Å²) in [5.41, 5.74) is 16.2. The van der Waals surface area contributed by atoms with Gasteiger partial charge in [0.2, 0.25) is 0 Å². The average molecular weight is 799 g/mol. The highest BCUT2D eigenvalue weighted by Gasteiger charge is 2.25. The molecule has 3 aliphatic carbocycles. The zero-order valence-electron chi connectivity index (χ0n) is 33.8. The molecule has 0 atom stereocenters. The Bertz CT molecular complexity index is 3660. The van der Waals surface area contributed by atoms with E-state index in [2.05, 4.69) is 126 Å². The molecule has 0 spiro atoms. The standard InChI is InChI=1S/C56H38N4O2/c1-3-13-34(14-4-1)54-57-55(35-15-7-8-16-35)59-56(58-54)43-22-12-24-51-52(43)46-32-37(27-30-50(46)61-51)36-25-28-47-44(31-36)45-33-38(26-29-48(45)60(47)39-17-5-2-6-18-39)40-20-11-21-42-41-19-9-10-23-49(41)62-53(40)42/h1,3-5,7,9-24,26-27,29-33H,2,6,8,25,28H2. The second kappa shape index (κ2) is 13.9. The van der Waals surface area contributed by atoms with Gasteiger partial charge in [-0.1, -0.05) is 121 Å². The Hall–Kier alpha value is -7.83. The molecule has 0 saturated carbocycles. The molecule has 0 saturated heterocycles. The van der Waals surface area contributed by atoms with Crippen LogP contribution in [0.2, 0.25) is 0 Å². The van der Waals surface area contributed by atoms with E-state index < -0.39 is 0 Å². The molecular weight excluding hydrogens is 761 g/mol. The van der Waals surface area contributed by atoms with E-state index in [0.29, 0.717) is 17.5 Å². The molecule has 6 heteroatoms. The van der Waals surface area contributed by atoms with E-state index in [0.717, 1.165) is 104 Å².